The van der Waals surface area contributed by atoms with Gasteiger partial charge in [-0.3, -0.25) is 14.4 Å². The molecule has 146 valence electrons. The number of carbonyl (C=O) groups is 3. The van der Waals surface area contributed by atoms with E-state index in [9.17, 15) is 14.4 Å². The highest BCUT2D eigenvalue weighted by molar-refractivity contribution is 6.06. The van der Waals surface area contributed by atoms with Crippen LogP contribution in [0.5, 0.6) is 5.75 Å². The van der Waals surface area contributed by atoms with Gasteiger partial charge >= 0.3 is 0 Å². The van der Waals surface area contributed by atoms with Crippen LogP contribution in [0.3, 0.4) is 0 Å². The molecular weight excluding hydrogens is 358 g/mol. The van der Waals surface area contributed by atoms with Crippen molar-refractivity contribution in [2.24, 2.45) is 0 Å². The summed E-state index contributed by atoms with van der Waals surface area (Å²) in [6.07, 6.45) is 1.41. The Morgan fingerprint density at radius 3 is 2.32 bits per heavy atom. The van der Waals surface area contributed by atoms with Gasteiger partial charge in [0.25, 0.3) is 11.8 Å². The molecule has 2 aromatic rings. The normalized spacial score (nSPS) is 13.4. The van der Waals surface area contributed by atoms with Crippen LogP contribution in [-0.2, 0) is 4.79 Å². The first-order chi connectivity index (χ1) is 13.4. The zero-order chi connectivity index (χ0) is 20.3. The molecule has 0 atom stereocenters. The smallest absolute Gasteiger partial charge is 0.255 e. The van der Waals surface area contributed by atoms with Crippen molar-refractivity contribution in [3.05, 3.63) is 53.6 Å². The molecule has 3 amide bonds. The standard InChI is InChI=1S/C21H23N3O4/c1-23(2)21(27)15-8-11-18(28-3)17(13-15)22-20(26)14-6-9-16(10-7-14)24-12-4-5-19(24)25/h6-11,13H,4-5,12H2,1-3H3,(H,22,26). The highest BCUT2D eigenvalue weighted by Gasteiger charge is 2.22. The highest BCUT2D eigenvalue weighted by atomic mass is 16.5. The van der Waals surface area contributed by atoms with E-state index >= 15 is 0 Å². The van der Waals surface area contributed by atoms with Crippen molar-refractivity contribution in [2.45, 2.75) is 12.8 Å². The Balaban J connectivity index is 1.79. The average Bonchev–Trinajstić information content (AvgIpc) is 3.13. The van der Waals surface area contributed by atoms with Gasteiger partial charge in [0.15, 0.2) is 0 Å². The number of rotatable bonds is 5. The molecule has 0 radical (unpaired) electrons. The Labute approximate surface area is 163 Å². The first-order valence-corrected chi connectivity index (χ1v) is 9.02. The van der Waals surface area contributed by atoms with Crippen LogP contribution in [0, 0.1) is 0 Å². The molecule has 0 spiro atoms. The Kier molecular flexibility index (Phi) is 5.63. The van der Waals surface area contributed by atoms with Gasteiger partial charge in [-0.2, -0.15) is 0 Å². The summed E-state index contributed by atoms with van der Waals surface area (Å²) in [6.45, 7) is 0.703. The lowest BCUT2D eigenvalue weighted by molar-refractivity contribution is -0.117. The molecule has 7 heteroatoms. The van der Waals surface area contributed by atoms with E-state index < -0.39 is 0 Å². The maximum Gasteiger partial charge on any atom is 0.255 e. The quantitative estimate of drug-likeness (QED) is 0.864. The van der Waals surface area contributed by atoms with Crippen molar-refractivity contribution in [3.63, 3.8) is 0 Å². The van der Waals surface area contributed by atoms with E-state index in [0.29, 0.717) is 35.5 Å². The SMILES string of the molecule is COc1ccc(C(=O)N(C)C)cc1NC(=O)c1ccc(N2CCCC2=O)cc1. The lowest BCUT2D eigenvalue weighted by atomic mass is 10.1. The Morgan fingerprint density at radius 1 is 1.07 bits per heavy atom. The number of hydrogen-bond donors (Lipinski definition) is 1. The van der Waals surface area contributed by atoms with Crippen LogP contribution in [0.15, 0.2) is 42.5 Å². The minimum absolute atomic E-state index is 0.101. The predicted octanol–water partition coefficient (Wildman–Crippen LogP) is 2.78. The fourth-order valence-electron chi connectivity index (χ4n) is 3.11. The number of hydrogen-bond acceptors (Lipinski definition) is 4. The van der Waals surface area contributed by atoms with Crippen molar-refractivity contribution >= 4 is 29.1 Å². The molecule has 0 saturated carbocycles. The number of anilines is 2. The summed E-state index contributed by atoms with van der Waals surface area (Å²) in [5.41, 5.74) is 2.10. The fourth-order valence-corrected chi connectivity index (χ4v) is 3.11. The summed E-state index contributed by atoms with van der Waals surface area (Å²) in [6, 6.07) is 11.8. The van der Waals surface area contributed by atoms with Crippen LogP contribution in [0.1, 0.15) is 33.6 Å². The molecule has 2 aromatic carbocycles. The topological polar surface area (TPSA) is 79.0 Å². The van der Waals surface area contributed by atoms with Crippen LogP contribution < -0.4 is 15.0 Å². The number of ether oxygens (including phenoxy) is 1. The molecule has 1 aliphatic heterocycles. The molecule has 7 nitrogen and oxygen atoms in total. The lowest BCUT2D eigenvalue weighted by Crippen LogP contribution is -2.23. The van der Waals surface area contributed by atoms with Crippen LogP contribution in [0.2, 0.25) is 0 Å². The minimum Gasteiger partial charge on any atom is -0.495 e. The third kappa shape index (κ3) is 3.98. The second-order valence-corrected chi connectivity index (χ2v) is 6.76. The zero-order valence-corrected chi connectivity index (χ0v) is 16.2. The molecule has 1 saturated heterocycles. The largest absolute Gasteiger partial charge is 0.495 e. The van der Waals surface area contributed by atoms with E-state index in [4.69, 9.17) is 4.74 Å². The van der Waals surface area contributed by atoms with Crippen LogP contribution >= 0.6 is 0 Å². The molecule has 0 aromatic heterocycles. The monoisotopic (exact) mass is 381 g/mol. The zero-order valence-electron chi connectivity index (χ0n) is 16.2. The van der Waals surface area contributed by atoms with E-state index in [1.165, 1.54) is 12.0 Å². The van der Waals surface area contributed by atoms with Crippen molar-refractivity contribution in [3.8, 4) is 5.75 Å². The molecule has 0 unspecified atom stereocenters. The number of methoxy groups -OCH3 is 1. The summed E-state index contributed by atoms with van der Waals surface area (Å²) < 4.78 is 5.29. The summed E-state index contributed by atoms with van der Waals surface area (Å²) in [7, 11) is 4.83. The van der Waals surface area contributed by atoms with Gasteiger partial charge in [-0.15, -0.1) is 0 Å². The number of benzene rings is 2. The molecule has 1 fully saturated rings. The molecular formula is C21H23N3O4. The van der Waals surface area contributed by atoms with Gasteiger partial charge < -0.3 is 19.9 Å². The molecule has 1 N–H and O–H groups in total. The molecule has 0 aliphatic carbocycles. The third-order valence-corrected chi connectivity index (χ3v) is 4.62. The molecule has 28 heavy (non-hydrogen) atoms. The van der Waals surface area contributed by atoms with E-state index in [0.717, 1.165) is 12.1 Å². The second kappa shape index (κ2) is 8.12. The Bertz CT molecular complexity index is 906. The van der Waals surface area contributed by atoms with Crippen LogP contribution in [-0.4, -0.2) is 50.4 Å². The van der Waals surface area contributed by atoms with Crippen molar-refractivity contribution in [1.82, 2.24) is 4.90 Å². The highest BCUT2D eigenvalue weighted by Crippen LogP contribution is 2.27. The van der Waals surface area contributed by atoms with E-state index in [2.05, 4.69) is 5.32 Å². The molecule has 3 rings (SSSR count). The van der Waals surface area contributed by atoms with E-state index in [1.807, 2.05) is 0 Å². The van der Waals surface area contributed by atoms with Crippen molar-refractivity contribution in [2.75, 3.05) is 38.0 Å². The van der Waals surface area contributed by atoms with E-state index in [-0.39, 0.29) is 17.7 Å². The first kappa shape index (κ1) is 19.4. The number of carbonyl (C=O) groups excluding carboxylic acids is 3. The Hall–Kier alpha value is -3.35. The Morgan fingerprint density at radius 2 is 1.75 bits per heavy atom. The maximum atomic E-state index is 12.7. The third-order valence-electron chi connectivity index (χ3n) is 4.62. The number of nitrogens with zero attached hydrogens (tertiary/aromatic N) is 2. The number of amides is 3. The van der Waals surface area contributed by atoms with Gasteiger partial charge in [0.1, 0.15) is 5.75 Å². The van der Waals surface area contributed by atoms with Crippen LogP contribution in [0.4, 0.5) is 11.4 Å². The molecule has 1 heterocycles. The summed E-state index contributed by atoms with van der Waals surface area (Å²) in [5, 5.41) is 2.79. The fraction of sp³-hybridized carbons (Fsp3) is 0.286. The summed E-state index contributed by atoms with van der Waals surface area (Å²) in [4.78, 5) is 39.9. The predicted molar refractivity (Wildman–Crippen MR) is 107 cm³/mol. The van der Waals surface area contributed by atoms with Crippen molar-refractivity contribution in [1.29, 1.82) is 0 Å². The van der Waals surface area contributed by atoms with Gasteiger partial charge in [-0.1, -0.05) is 0 Å². The van der Waals surface area contributed by atoms with Gasteiger partial charge in [-0.05, 0) is 48.9 Å². The van der Waals surface area contributed by atoms with Gasteiger partial charge in [0.05, 0.1) is 12.8 Å². The van der Waals surface area contributed by atoms with Crippen molar-refractivity contribution < 1.29 is 19.1 Å². The van der Waals surface area contributed by atoms with Gasteiger partial charge in [0.2, 0.25) is 5.91 Å². The minimum atomic E-state index is -0.327. The first-order valence-electron chi connectivity index (χ1n) is 9.02. The molecule has 0 bridgehead atoms. The maximum absolute atomic E-state index is 12.7. The lowest BCUT2D eigenvalue weighted by Gasteiger charge is -2.16. The summed E-state index contributed by atoms with van der Waals surface area (Å²) >= 11 is 0. The second-order valence-electron chi connectivity index (χ2n) is 6.76. The average molecular weight is 381 g/mol. The summed E-state index contributed by atoms with van der Waals surface area (Å²) in [5.74, 6) is 0.0667. The number of nitrogens with one attached hydrogen (secondary N) is 1. The molecule has 1 aliphatic rings. The van der Waals surface area contributed by atoms with E-state index in [1.54, 1.807) is 61.5 Å². The van der Waals surface area contributed by atoms with Gasteiger partial charge in [0, 0.05) is 43.9 Å². The van der Waals surface area contributed by atoms with Gasteiger partial charge in [-0.25, -0.2) is 0 Å². The van der Waals surface area contributed by atoms with Crippen LogP contribution in [0.25, 0.3) is 0 Å².